The van der Waals surface area contributed by atoms with Crippen molar-refractivity contribution in [2.75, 3.05) is 13.7 Å². The number of ether oxygens (including phenoxy) is 1. The summed E-state index contributed by atoms with van der Waals surface area (Å²) in [6.45, 7) is 1.44. The molecule has 0 bridgehead atoms. The predicted molar refractivity (Wildman–Crippen MR) is 64.1 cm³/mol. The average Bonchev–Trinajstić information content (AvgIpc) is 2.93. The van der Waals surface area contributed by atoms with Gasteiger partial charge in [0.15, 0.2) is 5.82 Å². The predicted octanol–water partition coefficient (Wildman–Crippen LogP) is 0.627. The third-order valence-electron chi connectivity index (χ3n) is 2.72. The van der Waals surface area contributed by atoms with Gasteiger partial charge >= 0.3 is 0 Å². The first-order valence-corrected chi connectivity index (χ1v) is 6.61. The van der Waals surface area contributed by atoms with Gasteiger partial charge in [0.25, 0.3) is 0 Å². The SMILES string of the molecule is COCc1nnc2sc(CCNC3CC3)nn12. The van der Waals surface area contributed by atoms with Gasteiger partial charge in [-0.3, -0.25) is 0 Å². The molecule has 1 fully saturated rings. The Hall–Kier alpha value is -1.05. The van der Waals surface area contributed by atoms with Crippen molar-refractivity contribution in [1.29, 1.82) is 0 Å². The molecule has 0 radical (unpaired) electrons. The number of hydrogen-bond acceptors (Lipinski definition) is 6. The lowest BCUT2D eigenvalue weighted by Crippen LogP contribution is -2.19. The molecule has 17 heavy (non-hydrogen) atoms. The van der Waals surface area contributed by atoms with Gasteiger partial charge < -0.3 is 10.1 Å². The van der Waals surface area contributed by atoms with Gasteiger partial charge in [0.2, 0.25) is 4.96 Å². The molecule has 0 spiro atoms. The van der Waals surface area contributed by atoms with Crippen LogP contribution in [0.4, 0.5) is 0 Å². The van der Waals surface area contributed by atoms with E-state index in [1.165, 1.54) is 12.8 Å². The molecule has 92 valence electrons. The Labute approximate surface area is 103 Å². The zero-order chi connectivity index (χ0) is 11.7. The molecular weight excluding hydrogens is 238 g/mol. The summed E-state index contributed by atoms with van der Waals surface area (Å²) in [5.41, 5.74) is 0. The molecule has 2 aromatic heterocycles. The largest absolute Gasteiger partial charge is 0.377 e. The minimum absolute atomic E-state index is 0.449. The molecule has 1 N–H and O–H groups in total. The molecule has 2 heterocycles. The van der Waals surface area contributed by atoms with E-state index in [4.69, 9.17) is 4.74 Å². The zero-order valence-electron chi connectivity index (χ0n) is 9.72. The van der Waals surface area contributed by atoms with Gasteiger partial charge in [-0.25, -0.2) is 0 Å². The summed E-state index contributed by atoms with van der Waals surface area (Å²) in [6, 6.07) is 0.754. The first-order valence-electron chi connectivity index (χ1n) is 5.79. The standard InChI is InChI=1S/C10H15N5OS/c1-16-6-8-12-13-10-15(8)14-9(17-10)4-5-11-7-2-3-7/h7,11H,2-6H2,1H3. The van der Waals surface area contributed by atoms with Crippen LogP contribution in [0.5, 0.6) is 0 Å². The first-order chi connectivity index (χ1) is 8.36. The van der Waals surface area contributed by atoms with E-state index in [1.807, 2.05) is 0 Å². The van der Waals surface area contributed by atoms with Crippen molar-refractivity contribution in [2.45, 2.75) is 31.9 Å². The number of nitrogens with zero attached hydrogens (tertiary/aromatic N) is 4. The lowest BCUT2D eigenvalue weighted by atomic mass is 10.4. The molecule has 3 rings (SSSR count). The molecule has 0 unspecified atom stereocenters. The van der Waals surface area contributed by atoms with Crippen molar-refractivity contribution in [3.05, 3.63) is 10.8 Å². The molecule has 2 aromatic rings. The summed E-state index contributed by atoms with van der Waals surface area (Å²) in [7, 11) is 1.65. The molecule has 6 nitrogen and oxygen atoms in total. The Kier molecular flexibility index (Phi) is 3.04. The number of rotatable bonds is 6. The highest BCUT2D eigenvalue weighted by Gasteiger charge is 2.20. The molecular formula is C10H15N5OS. The van der Waals surface area contributed by atoms with Crippen LogP contribution in [0.1, 0.15) is 23.7 Å². The molecule has 0 atom stereocenters. The molecule has 0 aromatic carbocycles. The monoisotopic (exact) mass is 253 g/mol. The Morgan fingerprint density at radius 3 is 3.12 bits per heavy atom. The fourth-order valence-electron chi connectivity index (χ4n) is 1.69. The second kappa shape index (κ2) is 4.67. The fraction of sp³-hybridized carbons (Fsp3) is 0.700. The number of fused-ring (bicyclic) bond motifs is 1. The molecule has 7 heteroatoms. The van der Waals surface area contributed by atoms with Crippen molar-refractivity contribution in [3.8, 4) is 0 Å². The summed E-state index contributed by atoms with van der Waals surface area (Å²) < 4.78 is 6.83. The Morgan fingerprint density at radius 1 is 1.47 bits per heavy atom. The molecule has 0 saturated heterocycles. The van der Waals surface area contributed by atoms with Gasteiger partial charge in [0.1, 0.15) is 11.6 Å². The van der Waals surface area contributed by atoms with Gasteiger partial charge in [0.05, 0.1) is 0 Å². The quantitative estimate of drug-likeness (QED) is 0.818. The highest BCUT2D eigenvalue weighted by molar-refractivity contribution is 7.16. The van der Waals surface area contributed by atoms with Crippen LogP contribution in [0.15, 0.2) is 0 Å². The third-order valence-corrected chi connectivity index (χ3v) is 3.68. The minimum atomic E-state index is 0.449. The van der Waals surface area contributed by atoms with Gasteiger partial charge in [-0.2, -0.15) is 9.61 Å². The maximum absolute atomic E-state index is 5.05. The normalized spacial score (nSPS) is 15.8. The van der Waals surface area contributed by atoms with E-state index in [2.05, 4.69) is 20.6 Å². The Balaban J connectivity index is 1.67. The lowest BCUT2D eigenvalue weighted by molar-refractivity contribution is 0.176. The van der Waals surface area contributed by atoms with E-state index in [9.17, 15) is 0 Å². The summed E-state index contributed by atoms with van der Waals surface area (Å²) in [5, 5.41) is 17.2. The number of hydrogen-bond donors (Lipinski definition) is 1. The van der Waals surface area contributed by atoms with Crippen LogP contribution in [0.25, 0.3) is 4.96 Å². The van der Waals surface area contributed by atoms with E-state index in [0.717, 1.165) is 34.8 Å². The van der Waals surface area contributed by atoms with Crippen LogP contribution in [-0.4, -0.2) is 39.5 Å². The molecule has 0 aliphatic heterocycles. The van der Waals surface area contributed by atoms with Crippen LogP contribution in [0, 0.1) is 0 Å². The van der Waals surface area contributed by atoms with Crippen LogP contribution < -0.4 is 5.32 Å². The Morgan fingerprint density at radius 2 is 2.35 bits per heavy atom. The van der Waals surface area contributed by atoms with Crippen molar-refractivity contribution in [2.24, 2.45) is 0 Å². The van der Waals surface area contributed by atoms with Gasteiger partial charge in [-0.15, -0.1) is 10.2 Å². The summed E-state index contributed by atoms with van der Waals surface area (Å²) in [4.78, 5) is 0.846. The first kappa shape index (κ1) is 11.1. The highest BCUT2D eigenvalue weighted by Crippen LogP contribution is 2.19. The van der Waals surface area contributed by atoms with E-state index < -0.39 is 0 Å². The topological polar surface area (TPSA) is 64.3 Å². The second-order valence-electron chi connectivity index (χ2n) is 4.22. The van der Waals surface area contributed by atoms with E-state index >= 15 is 0 Å². The summed E-state index contributed by atoms with van der Waals surface area (Å²) >= 11 is 1.60. The van der Waals surface area contributed by atoms with Crippen LogP contribution in [-0.2, 0) is 17.8 Å². The van der Waals surface area contributed by atoms with Crippen LogP contribution >= 0.6 is 11.3 Å². The average molecular weight is 253 g/mol. The summed E-state index contributed by atoms with van der Waals surface area (Å²) in [6.07, 6.45) is 3.60. The third kappa shape index (κ3) is 2.46. The van der Waals surface area contributed by atoms with Gasteiger partial charge in [0, 0.05) is 26.1 Å². The van der Waals surface area contributed by atoms with Crippen LogP contribution in [0.2, 0.25) is 0 Å². The molecule has 1 aliphatic rings. The number of nitrogens with one attached hydrogen (secondary N) is 1. The number of aromatic nitrogens is 4. The maximum Gasteiger partial charge on any atom is 0.234 e. The lowest BCUT2D eigenvalue weighted by Gasteiger charge is -1.98. The second-order valence-corrected chi connectivity index (χ2v) is 5.26. The van der Waals surface area contributed by atoms with Gasteiger partial charge in [-0.05, 0) is 12.8 Å². The van der Waals surface area contributed by atoms with E-state index in [0.29, 0.717) is 6.61 Å². The smallest absolute Gasteiger partial charge is 0.234 e. The highest BCUT2D eigenvalue weighted by atomic mass is 32.1. The number of methoxy groups -OCH3 is 1. The van der Waals surface area contributed by atoms with Gasteiger partial charge in [-0.1, -0.05) is 11.3 Å². The summed E-state index contributed by atoms with van der Waals surface area (Å²) in [5.74, 6) is 0.764. The van der Waals surface area contributed by atoms with Crippen molar-refractivity contribution < 1.29 is 4.74 Å². The molecule has 1 saturated carbocycles. The van der Waals surface area contributed by atoms with Crippen molar-refractivity contribution in [3.63, 3.8) is 0 Å². The molecule has 0 amide bonds. The zero-order valence-corrected chi connectivity index (χ0v) is 10.5. The van der Waals surface area contributed by atoms with Crippen molar-refractivity contribution in [1.82, 2.24) is 25.1 Å². The maximum atomic E-state index is 5.05. The van der Waals surface area contributed by atoms with Crippen molar-refractivity contribution >= 4 is 16.3 Å². The van der Waals surface area contributed by atoms with E-state index in [-0.39, 0.29) is 0 Å². The molecule has 1 aliphatic carbocycles. The minimum Gasteiger partial charge on any atom is -0.377 e. The fourth-order valence-corrected chi connectivity index (χ4v) is 2.54. The Bertz CT molecular complexity index is 504. The van der Waals surface area contributed by atoms with E-state index in [1.54, 1.807) is 23.0 Å². The van der Waals surface area contributed by atoms with Crippen LogP contribution in [0.3, 0.4) is 0 Å².